The lowest BCUT2D eigenvalue weighted by atomic mass is 9.95. The minimum atomic E-state index is -0.874. The smallest absolute Gasteiger partial charge is 0.319 e. The summed E-state index contributed by atoms with van der Waals surface area (Å²) in [5.74, 6) is -0.225. The lowest BCUT2D eigenvalue weighted by molar-refractivity contribution is 0.107. The Bertz CT molecular complexity index is 1830. The first-order valence-electron chi connectivity index (χ1n) is 16.0. The second kappa shape index (κ2) is 9.75. The van der Waals surface area contributed by atoms with Crippen molar-refractivity contribution in [3.05, 3.63) is 53.2 Å². The summed E-state index contributed by atoms with van der Waals surface area (Å²) in [7, 11) is 0. The molecule has 10 heteroatoms. The lowest BCUT2D eigenvalue weighted by Crippen LogP contribution is -2.58. The molecule has 4 aromatic rings. The molecule has 2 bridgehead atoms. The molecule has 2 aromatic carbocycles. The van der Waals surface area contributed by atoms with Gasteiger partial charge in [-0.1, -0.05) is 24.3 Å². The van der Waals surface area contributed by atoms with Crippen LogP contribution in [0, 0.1) is 18.6 Å². The predicted octanol–water partition coefficient (Wildman–Crippen LogP) is 5.64. The van der Waals surface area contributed by atoms with E-state index < -0.39 is 12.0 Å². The van der Waals surface area contributed by atoms with E-state index in [1.807, 2.05) is 18.2 Å². The summed E-state index contributed by atoms with van der Waals surface area (Å²) < 4.78 is 52.6. The van der Waals surface area contributed by atoms with Gasteiger partial charge in [0.05, 0.1) is 16.6 Å². The van der Waals surface area contributed by atoms with Crippen LogP contribution in [-0.4, -0.2) is 75.9 Å². The van der Waals surface area contributed by atoms with Crippen LogP contribution in [0.3, 0.4) is 0 Å². The fourth-order valence-electron chi connectivity index (χ4n) is 8.99. The highest BCUT2D eigenvalue weighted by molar-refractivity contribution is 6.01. The van der Waals surface area contributed by atoms with Gasteiger partial charge in [-0.2, -0.15) is 9.97 Å². The predicted molar refractivity (Wildman–Crippen MR) is 163 cm³/mol. The summed E-state index contributed by atoms with van der Waals surface area (Å²) in [6.07, 6.45) is 5.12. The largest absolute Gasteiger partial charge is 0.461 e. The Balaban J connectivity index is 1.23. The molecule has 44 heavy (non-hydrogen) atoms. The Kier molecular flexibility index (Phi) is 5.95. The number of piperazine rings is 1. The maximum absolute atomic E-state index is 17.0. The number of rotatable bonds is 4. The number of nitrogens with zero attached hydrogens (tertiary/aromatic N) is 5. The third-order valence-electron chi connectivity index (χ3n) is 11.1. The number of alkyl halides is 1. The monoisotopic (exact) mass is 600 g/mol. The van der Waals surface area contributed by atoms with E-state index in [0.717, 1.165) is 56.3 Å². The minimum Gasteiger partial charge on any atom is -0.461 e. The molecule has 0 saturated carbocycles. The van der Waals surface area contributed by atoms with E-state index >= 15 is 4.39 Å². The van der Waals surface area contributed by atoms with E-state index in [-0.39, 0.29) is 41.2 Å². The number of benzene rings is 2. The van der Waals surface area contributed by atoms with Crippen LogP contribution in [0.4, 0.5) is 19.0 Å². The molecular weight excluding hydrogens is 565 g/mol. The Morgan fingerprint density at radius 2 is 1.95 bits per heavy atom. The highest BCUT2D eigenvalue weighted by Gasteiger charge is 2.50. The second-order valence-electron chi connectivity index (χ2n) is 13.5. The second-order valence-corrected chi connectivity index (χ2v) is 13.5. The van der Waals surface area contributed by atoms with Gasteiger partial charge in [-0.15, -0.1) is 0 Å². The summed E-state index contributed by atoms with van der Waals surface area (Å²) in [5, 5.41) is 5.88. The fraction of sp³-hybridized carbons (Fsp3) is 0.500. The van der Waals surface area contributed by atoms with Crippen LogP contribution in [0.5, 0.6) is 6.01 Å². The number of ether oxygens (including phenoxy) is 1. The third kappa shape index (κ3) is 3.92. The van der Waals surface area contributed by atoms with Crippen LogP contribution in [0.25, 0.3) is 32.9 Å². The van der Waals surface area contributed by atoms with E-state index in [1.54, 1.807) is 13.0 Å². The topological polar surface area (TPSA) is 66.4 Å². The number of hydrogen-bond donors (Lipinski definition) is 1. The highest BCUT2D eigenvalue weighted by atomic mass is 19.1. The molecule has 2 aromatic heterocycles. The van der Waals surface area contributed by atoms with Gasteiger partial charge in [-0.25, -0.2) is 18.2 Å². The number of nitrogens with one attached hydrogen (secondary N) is 1. The first-order chi connectivity index (χ1) is 21.4. The van der Waals surface area contributed by atoms with Gasteiger partial charge in [0.15, 0.2) is 5.82 Å². The van der Waals surface area contributed by atoms with Crippen LogP contribution in [0.1, 0.15) is 49.8 Å². The van der Waals surface area contributed by atoms with Crippen molar-refractivity contribution in [1.29, 1.82) is 0 Å². The summed E-state index contributed by atoms with van der Waals surface area (Å²) in [4.78, 5) is 19.2. The zero-order chi connectivity index (χ0) is 29.7. The van der Waals surface area contributed by atoms with Crippen LogP contribution in [0.2, 0.25) is 0 Å². The first kappa shape index (κ1) is 26.9. The zero-order valence-electron chi connectivity index (χ0n) is 24.8. The average molecular weight is 601 g/mol. The van der Waals surface area contributed by atoms with Crippen molar-refractivity contribution >= 4 is 27.5 Å². The van der Waals surface area contributed by atoms with Crippen molar-refractivity contribution in [3.8, 4) is 17.3 Å². The summed E-state index contributed by atoms with van der Waals surface area (Å²) in [6, 6.07) is 9.72. The molecule has 5 unspecified atom stereocenters. The molecule has 5 aliphatic rings. The molecule has 4 fully saturated rings. The maximum Gasteiger partial charge on any atom is 0.319 e. The Morgan fingerprint density at radius 3 is 2.86 bits per heavy atom. The van der Waals surface area contributed by atoms with Gasteiger partial charge in [0.1, 0.15) is 35.6 Å². The molecule has 4 saturated heterocycles. The first-order valence-corrected chi connectivity index (χ1v) is 16.0. The van der Waals surface area contributed by atoms with Crippen LogP contribution in [0.15, 0.2) is 30.3 Å². The zero-order valence-corrected chi connectivity index (χ0v) is 24.8. The summed E-state index contributed by atoms with van der Waals surface area (Å²) >= 11 is 0. The molecule has 0 radical (unpaired) electrons. The Labute approximate surface area is 253 Å². The van der Waals surface area contributed by atoms with Crippen molar-refractivity contribution in [2.75, 3.05) is 31.1 Å². The molecule has 228 valence electrons. The molecular formula is C34H35F3N6O. The molecule has 0 aliphatic carbocycles. The number of pyridine rings is 1. The number of aryl methyl sites for hydroxylation is 2. The van der Waals surface area contributed by atoms with Gasteiger partial charge >= 0.3 is 6.01 Å². The molecule has 9 rings (SSSR count). The maximum atomic E-state index is 17.0. The van der Waals surface area contributed by atoms with Gasteiger partial charge in [-0.05, 0) is 74.4 Å². The number of hydrogen-bond acceptors (Lipinski definition) is 7. The van der Waals surface area contributed by atoms with E-state index in [4.69, 9.17) is 19.7 Å². The third-order valence-corrected chi connectivity index (χ3v) is 11.1. The average Bonchev–Trinajstić information content (AvgIpc) is 3.66. The van der Waals surface area contributed by atoms with Crippen molar-refractivity contribution in [2.45, 2.75) is 81.7 Å². The summed E-state index contributed by atoms with van der Waals surface area (Å²) in [6.45, 7) is 4.05. The van der Waals surface area contributed by atoms with Crippen molar-refractivity contribution in [1.82, 2.24) is 25.2 Å². The normalized spacial score (nSPS) is 29.3. The molecule has 7 nitrogen and oxygen atoms in total. The molecule has 0 amide bonds. The van der Waals surface area contributed by atoms with Crippen molar-refractivity contribution < 1.29 is 17.9 Å². The van der Waals surface area contributed by atoms with Crippen molar-refractivity contribution in [3.63, 3.8) is 0 Å². The lowest BCUT2D eigenvalue weighted by Gasteiger charge is -2.41. The van der Waals surface area contributed by atoms with Gasteiger partial charge in [-0.3, -0.25) is 4.90 Å². The summed E-state index contributed by atoms with van der Waals surface area (Å²) in [5.41, 5.74) is 1.73. The molecule has 5 atom stereocenters. The van der Waals surface area contributed by atoms with E-state index in [9.17, 15) is 8.78 Å². The Hall–Kier alpha value is -3.50. The molecule has 7 heterocycles. The van der Waals surface area contributed by atoms with Gasteiger partial charge < -0.3 is 15.0 Å². The molecule has 0 spiro atoms. The van der Waals surface area contributed by atoms with Crippen molar-refractivity contribution in [2.24, 2.45) is 0 Å². The fourth-order valence-corrected chi connectivity index (χ4v) is 8.99. The van der Waals surface area contributed by atoms with Gasteiger partial charge in [0.2, 0.25) is 0 Å². The van der Waals surface area contributed by atoms with Gasteiger partial charge in [0, 0.05) is 43.2 Å². The number of fused-ring (bicyclic) bond motifs is 7. The van der Waals surface area contributed by atoms with Crippen LogP contribution in [-0.2, 0) is 6.42 Å². The number of aromatic nitrogens is 3. The van der Waals surface area contributed by atoms with E-state index in [2.05, 4.69) is 15.1 Å². The standard InChI is InChI=1S/C34H35F3N6O/c1-18-23(36)8-6-19-4-2-5-22(27(18)19)30-29(37)31-28-25(39-30)10-11-26-24-9-7-21(38-24)16-43(26)32(28)41-33(40-31)44-17-34-12-3-13-42(34)15-20(35)14-34/h2,4-6,8,20-21,24,26,38H,3,7,9-17H2,1H3. The highest BCUT2D eigenvalue weighted by Crippen LogP contribution is 2.44. The van der Waals surface area contributed by atoms with E-state index in [0.29, 0.717) is 59.2 Å². The van der Waals surface area contributed by atoms with Gasteiger partial charge in [0.25, 0.3) is 0 Å². The quantitative estimate of drug-likeness (QED) is 0.325. The van der Waals surface area contributed by atoms with Crippen LogP contribution < -0.4 is 15.0 Å². The minimum absolute atomic E-state index is 0.115. The SMILES string of the molecule is Cc1c(F)ccc2cccc(-c3nc4c5c(nc(OCC67CCCN6CC(F)C7)nc5c3F)N3CC5CCC(N5)C3CC4)c12. The number of anilines is 1. The molecule has 5 aliphatic heterocycles. The Morgan fingerprint density at radius 1 is 1.05 bits per heavy atom. The van der Waals surface area contributed by atoms with Crippen LogP contribution >= 0.6 is 0 Å². The van der Waals surface area contributed by atoms with E-state index in [1.165, 1.54) is 6.07 Å². The molecule has 1 N–H and O–H groups in total. The number of halogens is 3.